The van der Waals surface area contributed by atoms with Gasteiger partial charge < -0.3 is 18.9 Å². The molecule has 0 saturated heterocycles. The number of benzene rings is 3. The summed E-state index contributed by atoms with van der Waals surface area (Å²) in [6.07, 6.45) is 6.36. The van der Waals surface area contributed by atoms with Crippen LogP contribution < -0.4 is 18.9 Å². The summed E-state index contributed by atoms with van der Waals surface area (Å²) < 4.78 is 23.1. The first-order chi connectivity index (χ1) is 21.1. The highest BCUT2D eigenvalue weighted by Gasteiger charge is 2.36. The molecule has 0 saturated carbocycles. The van der Waals surface area contributed by atoms with Crippen LogP contribution in [0.4, 0.5) is 0 Å². The van der Waals surface area contributed by atoms with Gasteiger partial charge in [-0.15, -0.1) is 0 Å². The standard InChI is InChI=1S/C34H35N3O5S/c1-3-4-5-9-18-40-26-13-15-27(16-14-26)41-19-20-42-30-17-12-24(22-31(30)39-2)21-28-32(35)37-29(25-10-7-6-8-11-25)23-43-34(37)36-33(28)38/h6-8,10-17,21-23,35H,3-5,9,18-20H2,1-2H3. The molecule has 2 aliphatic heterocycles. The molecule has 8 nitrogen and oxygen atoms in total. The maximum atomic E-state index is 12.9. The molecule has 0 radical (unpaired) electrons. The molecular weight excluding hydrogens is 562 g/mol. The van der Waals surface area contributed by atoms with E-state index in [0.29, 0.717) is 35.4 Å². The van der Waals surface area contributed by atoms with Crippen LogP contribution in [0.1, 0.15) is 43.7 Å². The van der Waals surface area contributed by atoms with Crippen molar-refractivity contribution >= 4 is 40.4 Å². The van der Waals surface area contributed by atoms with E-state index >= 15 is 0 Å². The third kappa shape index (κ3) is 7.48. The van der Waals surface area contributed by atoms with E-state index in [0.717, 1.165) is 35.8 Å². The lowest BCUT2D eigenvalue weighted by molar-refractivity contribution is -0.114. The molecule has 222 valence electrons. The lowest BCUT2D eigenvalue weighted by atomic mass is 10.1. The molecule has 3 aromatic carbocycles. The summed E-state index contributed by atoms with van der Waals surface area (Å²) in [6.45, 7) is 3.59. The van der Waals surface area contributed by atoms with Gasteiger partial charge in [-0.25, -0.2) is 0 Å². The van der Waals surface area contributed by atoms with Crippen LogP contribution in [0.5, 0.6) is 23.0 Å². The highest BCUT2D eigenvalue weighted by Crippen LogP contribution is 2.37. The Morgan fingerprint density at radius 1 is 0.860 bits per heavy atom. The number of ether oxygens (including phenoxy) is 4. The maximum Gasteiger partial charge on any atom is 0.283 e. The monoisotopic (exact) mass is 597 g/mol. The number of carbonyl (C=O) groups excluding carboxylic acids is 1. The van der Waals surface area contributed by atoms with Gasteiger partial charge in [0.1, 0.15) is 30.5 Å². The largest absolute Gasteiger partial charge is 0.494 e. The molecule has 3 aromatic rings. The fraction of sp³-hybridized carbons (Fsp3) is 0.265. The zero-order valence-electron chi connectivity index (χ0n) is 24.4. The summed E-state index contributed by atoms with van der Waals surface area (Å²) in [6, 6.07) is 22.7. The van der Waals surface area contributed by atoms with E-state index in [1.54, 1.807) is 30.2 Å². The molecule has 1 amide bonds. The van der Waals surface area contributed by atoms with Gasteiger partial charge in [0.15, 0.2) is 16.7 Å². The number of aliphatic imine (C=N–C) groups is 1. The molecule has 0 atom stereocenters. The molecular formula is C34H35N3O5S. The third-order valence-corrected chi connectivity index (χ3v) is 7.71. The van der Waals surface area contributed by atoms with Gasteiger partial charge in [0.05, 0.1) is 25.0 Å². The van der Waals surface area contributed by atoms with Gasteiger partial charge in [-0.3, -0.25) is 15.1 Å². The van der Waals surface area contributed by atoms with Crippen LogP contribution in [0.2, 0.25) is 0 Å². The molecule has 0 fully saturated rings. The van der Waals surface area contributed by atoms with Gasteiger partial charge in [0.25, 0.3) is 5.91 Å². The van der Waals surface area contributed by atoms with Crippen LogP contribution in [0.25, 0.3) is 11.8 Å². The first-order valence-electron chi connectivity index (χ1n) is 14.4. The number of unbranched alkanes of at least 4 members (excludes halogenated alkanes) is 3. The molecule has 9 heteroatoms. The Kier molecular flexibility index (Phi) is 10.2. The van der Waals surface area contributed by atoms with Crippen molar-refractivity contribution in [3.05, 3.63) is 94.9 Å². The zero-order chi connectivity index (χ0) is 30.0. The zero-order valence-corrected chi connectivity index (χ0v) is 25.2. The summed E-state index contributed by atoms with van der Waals surface area (Å²) in [5.74, 6) is 2.27. The van der Waals surface area contributed by atoms with Crippen molar-refractivity contribution in [1.29, 1.82) is 5.41 Å². The summed E-state index contributed by atoms with van der Waals surface area (Å²) in [5.41, 5.74) is 2.66. The minimum atomic E-state index is -0.450. The predicted octanol–water partition coefficient (Wildman–Crippen LogP) is 7.42. The molecule has 0 aromatic heterocycles. The second-order valence-corrected chi connectivity index (χ2v) is 10.8. The van der Waals surface area contributed by atoms with E-state index in [1.807, 2.05) is 66.1 Å². The number of carbonyl (C=O) groups is 1. The van der Waals surface area contributed by atoms with Gasteiger partial charge in [0, 0.05) is 5.41 Å². The predicted molar refractivity (Wildman–Crippen MR) is 172 cm³/mol. The highest BCUT2D eigenvalue weighted by molar-refractivity contribution is 8.17. The van der Waals surface area contributed by atoms with Crippen molar-refractivity contribution in [3.63, 3.8) is 0 Å². The van der Waals surface area contributed by atoms with Crippen molar-refractivity contribution in [2.75, 3.05) is 26.9 Å². The van der Waals surface area contributed by atoms with E-state index in [1.165, 1.54) is 31.0 Å². The SMILES string of the molecule is CCCCCCOc1ccc(OCCOc2ccc(C=C3C(=N)N4C(c5ccccc5)=CSC4=NC3=O)cc2OC)cc1. The molecule has 2 heterocycles. The number of thioether (sulfide) groups is 1. The van der Waals surface area contributed by atoms with Gasteiger partial charge in [-0.1, -0.05) is 74.3 Å². The average Bonchev–Trinajstić information content (AvgIpc) is 3.46. The lowest BCUT2D eigenvalue weighted by Gasteiger charge is -2.27. The van der Waals surface area contributed by atoms with E-state index in [9.17, 15) is 4.79 Å². The van der Waals surface area contributed by atoms with Crippen molar-refractivity contribution in [2.24, 2.45) is 4.99 Å². The van der Waals surface area contributed by atoms with E-state index in [-0.39, 0.29) is 11.4 Å². The Balaban J connectivity index is 1.17. The molecule has 43 heavy (non-hydrogen) atoms. The van der Waals surface area contributed by atoms with Crippen LogP contribution in [0.15, 0.2) is 88.8 Å². The Labute approximate surface area is 256 Å². The van der Waals surface area contributed by atoms with Crippen molar-refractivity contribution < 1.29 is 23.7 Å². The Hall–Kier alpha value is -4.50. The first kappa shape index (κ1) is 30.0. The van der Waals surface area contributed by atoms with E-state index in [2.05, 4.69) is 11.9 Å². The number of methoxy groups -OCH3 is 1. The topological polar surface area (TPSA) is 93.4 Å². The quantitative estimate of drug-likeness (QED) is 0.153. The molecule has 1 N–H and O–H groups in total. The number of nitrogens with zero attached hydrogens (tertiary/aromatic N) is 2. The minimum Gasteiger partial charge on any atom is -0.494 e. The number of hydrogen-bond donors (Lipinski definition) is 1. The second-order valence-electron chi connectivity index (χ2n) is 9.92. The van der Waals surface area contributed by atoms with Gasteiger partial charge in [0.2, 0.25) is 0 Å². The summed E-state index contributed by atoms with van der Waals surface area (Å²) >= 11 is 1.34. The normalized spacial score (nSPS) is 15.2. The minimum absolute atomic E-state index is 0.0816. The number of amidine groups is 2. The van der Waals surface area contributed by atoms with Crippen molar-refractivity contribution in [2.45, 2.75) is 32.6 Å². The molecule has 0 spiro atoms. The number of nitrogens with one attached hydrogen (secondary N) is 1. The molecule has 0 aliphatic carbocycles. The van der Waals surface area contributed by atoms with E-state index < -0.39 is 5.91 Å². The second kappa shape index (κ2) is 14.6. The fourth-order valence-electron chi connectivity index (χ4n) is 4.64. The first-order valence-corrected chi connectivity index (χ1v) is 15.3. The van der Waals surface area contributed by atoms with Crippen LogP contribution >= 0.6 is 11.8 Å². The third-order valence-electron chi connectivity index (χ3n) is 6.88. The lowest BCUT2D eigenvalue weighted by Crippen LogP contribution is -2.38. The van der Waals surface area contributed by atoms with Crippen LogP contribution in [0, 0.1) is 5.41 Å². The van der Waals surface area contributed by atoms with Crippen LogP contribution in [-0.4, -0.2) is 48.7 Å². The number of rotatable bonds is 14. The molecule has 0 unspecified atom stereocenters. The molecule has 5 rings (SSSR count). The number of fused-ring (bicyclic) bond motifs is 1. The van der Waals surface area contributed by atoms with Crippen molar-refractivity contribution in [1.82, 2.24) is 4.90 Å². The van der Waals surface area contributed by atoms with Gasteiger partial charge >= 0.3 is 0 Å². The Morgan fingerprint density at radius 2 is 1.58 bits per heavy atom. The van der Waals surface area contributed by atoms with Crippen LogP contribution in [0.3, 0.4) is 0 Å². The van der Waals surface area contributed by atoms with Gasteiger partial charge in [-0.05, 0) is 60.0 Å². The number of amides is 1. The highest BCUT2D eigenvalue weighted by atomic mass is 32.2. The fourth-order valence-corrected chi connectivity index (χ4v) is 5.53. The summed E-state index contributed by atoms with van der Waals surface area (Å²) in [4.78, 5) is 18.8. The van der Waals surface area contributed by atoms with Gasteiger partial charge in [-0.2, -0.15) is 4.99 Å². The van der Waals surface area contributed by atoms with E-state index in [4.69, 9.17) is 24.4 Å². The number of hydrogen-bond acceptors (Lipinski definition) is 7. The summed E-state index contributed by atoms with van der Waals surface area (Å²) in [7, 11) is 1.56. The smallest absolute Gasteiger partial charge is 0.283 e. The molecule has 2 aliphatic rings. The average molecular weight is 598 g/mol. The summed E-state index contributed by atoms with van der Waals surface area (Å²) in [5, 5.41) is 11.2. The Morgan fingerprint density at radius 3 is 2.30 bits per heavy atom. The Bertz CT molecular complexity index is 1530. The van der Waals surface area contributed by atoms with Crippen LogP contribution in [-0.2, 0) is 4.79 Å². The maximum absolute atomic E-state index is 12.9. The molecule has 0 bridgehead atoms. The van der Waals surface area contributed by atoms with Crippen molar-refractivity contribution in [3.8, 4) is 23.0 Å².